The second-order valence-corrected chi connectivity index (χ2v) is 7.58. The summed E-state index contributed by atoms with van der Waals surface area (Å²) in [6.45, 7) is -0.386. The molecule has 1 heterocycles. The Labute approximate surface area is 145 Å². The van der Waals surface area contributed by atoms with Crippen molar-refractivity contribution in [3.63, 3.8) is 0 Å². The van der Waals surface area contributed by atoms with E-state index in [0.717, 1.165) is 24.3 Å². The lowest BCUT2D eigenvalue weighted by Gasteiger charge is -2.09. The van der Waals surface area contributed by atoms with Crippen LogP contribution >= 0.6 is 0 Å². The Morgan fingerprint density at radius 3 is 1.92 bits per heavy atom. The van der Waals surface area contributed by atoms with Crippen LogP contribution in [0.15, 0.2) is 35.2 Å². The molecule has 0 aliphatic carbocycles. The van der Waals surface area contributed by atoms with Gasteiger partial charge in [0.1, 0.15) is 34.8 Å². The molecule has 1 aliphatic heterocycles. The minimum atomic E-state index is -4.16. The first kappa shape index (κ1) is 18.1. The average molecular weight is 386 g/mol. The van der Waals surface area contributed by atoms with Gasteiger partial charge >= 0.3 is 5.97 Å². The number of esters is 1. The van der Waals surface area contributed by atoms with Crippen LogP contribution in [-0.2, 0) is 19.4 Å². The van der Waals surface area contributed by atoms with Crippen LogP contribution in [0.2, 0.25) is 0 Å². The van der Waals surface area contributed by atoms with Gasteiger partial charge in [0.15, 0.2) is 9.84 Å². The number of cyclic esters (lactones) is 1. The van der Waals surface area contributed by atoms with Gasteiger partial charge in [-0.1, -0.05) is 0 Å². The molecular weight excluding hydrogens is 376 g/mol. The predicted octanol–water partition coefficient (Wildman–Crippen LogP) is 3.11. The zero-order valence-corrected chi connectivity index (χ0v) is 14.0. The van der Waals surface area contributed by atoms with Crippen molar-refractivity contribution in [1.29, 1.82) is 0 Å². The molecule has 0 atom stereocenters. The highest BCUT2D eigenvalue weighted by atomic mass is 32.2. The van der Waals surface area contributed by atoms with Gasteiger partial charge in [-0.15, -0.1) is 0 Å². The number of hydrogen-bond donors (Lipinski definition) is 0. The van der Waals surface area contributed by atoms with Crippen molar-refractivity contribution in [2.24, 2.45) is 0 Å². The monoisotopic (exact) mass is 386 g/mol. The molecule has 0 aromatic heterocycles. The van der Waals surface area contributed by atoms with E-state index in [2.05, 4.69) is 0 Å². The lowest BCUT2D eigenvalue weighted by Crippen LogP contribution is -2.06. The fourth-order valence-electron chi connectivity index (χ4n) is 2.71. The van der Waals surface area contributed by atoms with E-state index in [1.54, 1.807) is 0 Å². The van der Waals surface area contributed by atoms with Crippen LogP contribution in [0.3, 0.4) is 0 Å². The van der Waals surface area contributed by atoms with E-state index < -0.39 is 44.0 Å². The molecule has 3 rings (SSSR count). The minimum Gasteiger partial charge on any atom is -0.457 e. The van der Waals surface area contributed by atoms with E-state index in [-0.39, 0.29) is 28.9 Å². The fraction of sp³-hybridized carbons (Fsp3) is 0.118. The fourth-order valence-corrected chi connectivity index (χ4v) is 3.54. The lowest BCUT2D eigenvalue weighted by molar-refractivity contribution is -0.133. The maximum Gasteiger partial charge on any atom is 0.339 e. The zero-order valence-electron chi connectivity index (χ0n) is 13.1. The number of carbonyl (C=O) groups excluding carboxylic acids is 1. The largest absolute Gasteiger partial charge is 0.457 e. The minimum absolute atomic E-state index is 0.0159. The van der Waals surface area contributed by atoms with Gasteiger partial charge in [-0.05, 0) is 35.4 Å². The SMILES string of the molecule is CS(=O)(=O)c1c(F)cc(C2=C(c3cc(F)cc(F)c3)C(=O)OC2)cc1F. The van der Waals surface area contributed by atoms with Gasteiger partial charge in [0.25, 0.3) is 0 Å². The lowest BCUT2D eigenvalue weighted by atomic mass is 9.96. The van der Waals surface area contributed by atoms with Gasteiger partial charge in [-0.3, -0.25) is 0 Å². The molecule has 0 saturated carbocycles. The Bertz CT molecular complexity index is 1030. The molecule has 9 heteroatoms. The second kappa shape index (κ2) is 6.24. The molecule has 1 aliphatic rings. The van der Waals surface area contributed by atoms with Crippen LogP contribution in [0.25, 0.3) is 11.1 Å². The summed E-state index contributed by atoms with van der Waals surface area (Å²) in [5.74, 6) is -5.51. The molecule has 0 saturated heterocycles. The number of halogens is 4. The maximum absolute atomic E-state index is 14.1. The van der Waals surface area contributed by atoms with Gasteiger partial charge in [-0.2, -0.15) is 0 Å². The van der Waals surface area contributed by atoms with Crippen molar-refractivity contribution in [1.82, 2.24) is 0 Å². The molecular formula is C17H10F4O4S. The second-order valence-electron chi connectivity index (χ2n) is 5.63. The zero-order chi connectivity index (χ0) is 19.2. The molecule has 0 N–H and O–H groups in total. The Hall–Kier alpha value is -2.68. The van der Waals surface area contributed by atoms with Crippen molar-refractivity contribution < 1.29 is 35.5 Å². The molecule has 0 bridgehead atoms. The molecule has 2 aromatic carbocycles. The summed E-state index contributed by atoms with van der Waals surface area (Å²) >= 11 is 0. The van der Waals surface area contributed by atoms with E-state index in [0.29, 0.717) is 12.3 Å². The molecule has 4 nitrogen and oxygen atoms in total. The van der Waals surface area contributed by atoms with Crippen LogP contribution in [0.1, 0.15) is 11.1 Å². The number of carbonyl (C=O) groups is 1. The van der Waals surface area contributed by atoms with Gasteiger partial charge in [0.05, 0.1) is 5.57 Å². The van der Waals surface area contributed by atoms with E-state index in [1.165, 1.54) is 0 Å². The van der Waals surface area contributed by atoms with Crippen molar-refractivity contribution in [2.75, 3.05) is 12.9 Å². The molecule has 0 amide bonds. The third kappa shape index (κ3) is 3.22. The van der Waals surface area contributed by atoms with Crippen LogP contribution in [0.5, 0.6) is 0 Å². The summed E-state index contributed by atoms with van der Waals surface area (Å²) in [6, 6.07) is 3.81. The quantitative estimate of drug-likeness (QED) is 0.601. The molecule has 136 valence electrons. The Kier molecular flexibility index (Phi) is 4.35. The van der Waals surface area contributed by atoms with Crippen LogP contribution < -0.4 is 0 Å². The van der Waals surface area contributed by atoms with E-state index >= 15 is 0 Å². The number of hydrogen-bond acceptors (Lipinski definition) is 4. The molecule has 0 spiro atoms. The first-order valence-electron chi connectivity index (χ1n) is 7.14. The van der Waals surface area contributed by atoms with Gasteiger partial charge in [0, 0.05) is 17.9 Å². The van der Waals surface area contributed by atoms with Crippen LogP contribution in [-0.4, -0.2) is 27.2 Å². The normalized spacial score (nSPS) is 14.7. The standard InChI is InChI=1S/C17H10F4O4S/c1-26(23,24)16-13(20)4-8(5-14(16)21)12-7-25-17(22)15(12)9-2-10(18)6-11(19)3-9/h2-6H,7H2,1H3. The van der Waals surface area contributed by atoms with E-state index in [1.807, 2.05) is 0 Å². The predicted molar refractivity (Wildman–Crippen MR) is 83.6 cm³/mol. The van der Waals surface area contributed by atoms with Gasteiger partial charge < -0.3 is 4.74 Å². The summed E-state index contributed by atoms with van der Waals surface area (Å²) in [5, 5.41) is 0. The van der Waals surface area contributed by atoms with Crippen molar-refractivity contribution in [3.8, 4) is 0 Å². The molecule has 2 aromatic rings. The Balaban J connectivity index is 2.24. The highest BCUT2D eigenvalue weighted by Gasteiger charge is 2.30. The molecule has 0 radical (unpaired) electrons. The number of benzene rings is 2. The maximum atomic E-state index is 14.1. The van der Waals surface area contributed by atoms with Crippen molar-refractivity contribution in [2.45, 2.75) is 4.90 Å². The third-order valence-electron chi connectivity index (χ3n) is 3.72. The summed E-state index contributed by atoms with van der Waals surface area (Å²) in [6.07, 6.45) is 0.649. The van der Waals surface area contributed by atoms with Gasteiger partial charge in [0.2, 0.25) is 0 Å². The molecule has 26 heavy (non-hydrogen) atoms. The first-order valence-corrected chi connectivity index (χ1v) is 9.03. The Morgan fingerprint density at radius 1 is 0.885 bits per heavy atom. The Morgan fingerprint density at radius 2 is 1.42 bits per heavy atom. The van der Waals surface area contributed by atoms with Crippen molar-refractivity contribution in [3.05, 3.63) is 64.7 Å². The highest BCUT2D eigenvalue weighted by Crippen LogP contribution is 2.35. The molecule has 0 fully saturated rings. The summed E-state index contributed by atoms with van der Waals surface area (Å²) in [7, 11) is -4.16. The molecule has 0 unspecified atom stereocenters. The average Bonchev–Trinajstić information content (AvgIpc) is 2.85. The highest BCUT2D eigenvalue weighted by molar-refractivity contribution is 7.90. The first-order chi connectivity index (χ1) is 12.1. The summed E-state index contributed by atoms with van der Waals surface area (Å²) in [4.78, 5) is 10.9. The van der Waals surface area contributed by atoms with Crippen LogP contribution in [0.4, 0.5) is 17.6 Å². The van der Waals surface area contributed by atoms with E-state index in [4.69, 9.17) is 4.74 Å². The smallest absolute Gasteiger partial charge is 0.339 e. The third-order valence-corrected chi connectivity index (χ3v) is 4.85. The topological polar surface area (TPSA) is 60.4 Å². The van der Waals surface area contributed by atoms with Gasteiger partial charge in [-0.25, -0.2) is 30.8 Å². The number of ether oxygens (including phenoxy) is 1. The van der Waals surface area contributed by atoms with E-state index in [9.17, 15) is 30.8 Å². The van der Waals surface area contributed by atoms with Crippen LogP contribution in [0, 0.1) is 23.3 Å². The summed E-state index contributed by atoms with van der Waals surface area (Å²) < 4.78 is 82.9. The number of sulfone groups is 1. The number of rotatable bonds is 3. The van der Waals surface area contributed by atoms with Crippen molar-refractivity contribution >= 4 is 27.0 Å². The summed E-state index contributed by atoms with van der Waals surface area (Å²) in [5.41, 5.74) is -0.599.